The van der Waals surface area contributed by atoms with Crippen LogP contribution < -0.4 is 0 Å². The fourth-order valence-corrected chi connectivity index (χ4v) is 7.48. The van der Waals surface area contributed by atoms with Gasteiger partial charge in [0, 0.05) is 4.43 Å². The Bertz CT molecular complexity index is 538. The van der Waals surface area contributed by atoms with Gasteiger partial charge in [-0.25, -0.2) is 0 Å². The monoisotopic (exact) mass is 459 g/mol. The molecule has 0 aromatic carbocycles. The lowest BCUT2D eigenvalue weighted by Gasteiger charge is -2.60. The number of nitrogens with zero attached hydrogens (tertiary/aromatic N) is 1. The van der Waals surface area contributed by atoms with E-state index in [0.29, 0.717) is 5.41 Å². The fourth-order valence-electron chi connectivity index (χ4n) is 7.29. The van der Waals surface area contributed by atoms with Gasteiger partial charge in [0.15, 0.2) is 0 Å². The van der Waals surface area contributed by atoms with Crippen molar-refractivity contribution in [2.24, 2.45) is 39.7 Å². The average Bonchev–Trinajstić information content (AvgIpc) is 2.90. The Kier molecular flexibility index (Phi) is 5.15. The molecule has 4 saturated carbocycles. The highest BCUT2D eigenvalue weighted by Gasteiger charge is 2.59. The number of fused-ring (bicyclic) bond motifs is 5. The van der Waals surface area contributed by atoms with Gasteiger partial charge in [0.2, 0.25) is 0 Å². The number of hydrogen-bond donors (Lipinski definition) is 1. The van der Waals surface area contributed by atoms with Crippen LogP contribution in [0.25, 0.3) is 0 Å². The topological polar surface area (TPSA) is 41.8 Å². The molecular formula is C21H34INO2. The molecular weight excluding hydrogens is 425 g/mol. The summed E-state index contributed by atoms with van der Waals surface area (Å²) in [7, 11) is 0. The summed E-state index contributed by atoms with van der Waals surface area (Å²) >= 11 is 2.34. The van der Waals surface area contributed by atoms with Crippen molar-refractivity contribution >= 4 is 28.3 Å². The Morgan fingerprint density at radius 1 is 1.08 bits per heavy atom. The molecule has 4 aliphatic carbocycles. The van der Waals surface area contributed by atoms with Gasteiger partial charge in [0.1, 0.15) is 6.61 Å². The Balaban J connectivity index is 1.50. The molecule has 4 fully saturated rings. The normalized spacial score (nSPS) is 50.9. The van der Waals surface area contributed by atoms with E-state index in [1.54, 1.807) is 0 Å². The maximum Gasteiger partial charge on any atom is 0.126 e. The number of alkyl halides is 1. The largest absolute Gasteiger partial charge is 0.395 e. The lowest BCUT2D eigenvalue weighted by Crippen LogP contribution is -2.54. The summed E-state index contributed by atoms with van der Waals surface area (Å²) in [5, 5.41) is 15.0. The first kappa shape index (κ1) is 18.5. The Morgan fingerprint density at radius 3 is 2.68 bits per heavy atom. The second-order valence-electron chi connectivity index (χ2n) is 9.68. The van der Waals surface area contributed by atoms with Gasteiger partial charge in [-0.15, -0.1) is 0 Å². The molecule has 4 heteroatoms. The van der Waals surface area contributed by atoms with Crippen molar-refractivity contribution in [2.75, 3.05) is 11.0 Å². The van der Waals surface area contributed by atoms with Crippen molar-refractivity contribution in [2.45, 2.75) is 77.7 Å². The number of aliphatic hydroxyl groups is 1. The van der Waals surface area contributed by atoms with E-state index in [0.717, 1.165) is 54.0 Å². The lowest BCUT2D eigenvalue weighted by molar-refractivity contribution is -0.112. The summed E-state index contributed by atoms with van der Waals surface area (Å²) in [5.74, 6) is 3.28. The Hall–Kier alpha value is 0.160. The van der Waals surface area contributed by atoms with Crippen LogP contribution >= 0.6 is 22.6 Å². The maximum atomic E-state index is 10.6. The summed E-state index contributed by atoms with van der Waals surface area (Å²) in [6, 6.07) is 0. The summed E-state index contributed by atoms with van der Waals surface area (Å²) in [6.45, 7) is 5.71. The van der Waals surface area contributed by atoms with Crippen LogP contribution in [0.3, 0.4) is 0 Å². The molecule has 0 aromatic rings. The number of rotatable bonds is 3. The zero-order valence-corrected chi connectivity index (χ0v) is 18.0. The zero-order valence-electron chi connectivity index (χ0n) is 15.8. The van der Waals surface area contributed by atoms with E-state index in [4.69, 9.17) is 4.84 Å². The summed E-state index contributed by atoms with van der Waals surface area (Å²) in [4.78, 5) is 5.48. The van der Waals surface area contributed by atoms with Crippen molar-refractivity contribution in [3.05, 3.63) is 0 Å². The molecule has 0 saturated heterocycles. The summed E-state index contributed by atoms with van der Waals surface area (Å²) in [5.41, 5.74) is 2.00. The van der Waals surface area contributed by atoms with E-state index in [-0.39, 0.29) is 11.5 Å². The first-order chi connectivity index (χ1) is 12.0. The summed E-state index contributed by atoms with van der Waals surface area (Å²) in [6.07, 6.45) is 11.1. The molecule has 0 heterocycles. The van der Waals surface area contributed by atoms with Gasteiger partial charge in [0.25, 0.3) is 0 Å². The number of halogens is 1. The van der Waals surface area contributed by atoms with E-state index < -0.39 is 0 Å². The smallest absolute Gasteiger partial charge is 0.126 e. The highest BCUT2D eigenvalue weighted by molar-refractivity contribution is 14.1. The van der Waals surface area contributed by atoms with E-state index in [9.17, 15) is 5.11 Å². The Labute approximate surface area is 166 Å². The lowest BCUT2D eigenvalue weighted by atomic mass is 9.45. The molecule has 3 nitrogen and oxygen atoms in total. The molecule has 25 heavy (non-hydrogen) atoms. The molecule has 4 aliphatic rings. The Morgan fingerprint density at radius 2 is 1.88 bits per heavy atom. The van der Waals surface area contributed by atoms with Crippen LogP contribution in [0.2, 0.25) is 0 Å². The fraction of sp³-hybridized carbons (Fsp3) is 0.952. The molecule has 0 radical (unpaired) electrons. The number of aliphatic hydroxyl groups excluding tert-OH is 1. The number of hydrogen-bond acceptors (Lipinski definition) is 3. The van der Waals surface area contributed by atoms with Crippen LogP contribution in [0.1, 0.15) is 71.6 Å². The second-order valence-corrected chi connectivity index (χ2v) is 10.8. The van der Waals surface area contributed by atoms with Crippen LogP contribution in [-0.2, 0) is 4.84 Å². The predicted molar refractivity (Wildman–Crippen MR) is 110 cm³/mol. The van der Waals surface area contributed by atoms with Crippen LogP contribution in [0, 0.1) is 34.5 Å². The van der Waals surface area contributed by atoms with Gasteiger partial charge in [-0.3, -0.25) is 0 Å². The second kappa shape index (κ2) is 6.96. The molecule has 4 rings (SSSR count). The maximum absolute atomic E-state index is 10.6. The van der Waals surface area contributed by atoms with Gasteiger partial charge in [-0.1, -0.05) is 41.6 Å². The molecule has 0 amide bonds. The summed E-state index contributed by atoms with van der Waals surface area (Å²) < 4.78 is 1.01. The predicted octanol–water partition coefficient (Wildman–Crippen LogP) is 5.20. The van der Waals surface area contributed by atoms with Crippen molar-refractivity contribution < 1.29 is 9.94 Å². The third kappa shape index (κ3) is 2.97. The van der Waals surface area contributed by atoms with Crippen molar-refractivity contribution in [1.82, 2.24) is 0 Å². The number of oxime groups is 1. The van der Waals surface area contributed by atoms with Gasteiger partial charge in [0.05, 0.1) is 11.8 Å². The van der Waals surface area contributed by atoms with Crippen LogP contribution in [0.4, 0.5) is 0 Å². The molecule has 0 bridgehead atoms. The van der Waals surface area contributed by atoms with Crippen LogP contribution in [-0.4, -0.2) is 28.0 Å². The quantitative estimate of drug-likeness (QED) is 0.273. The highest BCUT2D eigenvalue weighted by Crippen LogP contribution is 2.65. The van der Waals surface area contributed by atoms with Crippen molar-refractivity contribution in [3.8, 4) is 0 Å². The molecule has 142 valence electrons. The van der Waals surface area contributed by atoms with Crippen molar-refractivity contribution in [3.63, 3.8) is 0 Å². The van der Waals surface area contributed by atoms with E-state index in [2.05, 4.69) is 41.6 Å². The van der Waals surface area contributed by atoms with E-state index in [1.807, 2.05) is 0 Å². The molecule has 0 aromatic heterocycles. The zero-order chi connectivity index (χ0) is 17.7. The molecule has 0 spiro atoms. The van der Waals surface area contributed by atoms with Gasteiger partial charge >= 0.3 is 0 Å². The molecule has 1 N–H and O–H groups in total. The third-order valence-corrected chi connectivity index (χ3v) is 9.25. The first-order valence-corrected chi connectivity index (χ1v) is 11.9. The first-order valence-electron chi connectivity index (χ1n) is 10.4. The SMILES string of the molecule is C[C@]12CC/C(=N\OCCI)C[C@@H]1CC[C@@H]1[C@@H]2CC[C@]2(C)[C@@H](O)CC[C@@H]12. The van der Waals surface area contributed by atoms with Crippen molar-refractivity contribution in [1.29, 1.82) is 0 Å². The average molecular weight is 459 g/mol. The molecule has 0 aliphatic heterocycles. The van der Waals surface area contributed by atoms with E-state index >= 15 is 0 Å². The molecule has 7 atom stereocenters. The standard InChI is InChI=1S/C21H34INO2/c1-20-9-7-15(23-25-12-11-22)13-14(20)3-4-16-17-5-6-19(24)21(17,2)10-8-18(16)20/h14,16-19,24H,3-13H2,1-2H3/b23-15+/t14-,16-,17-,18-,19-,20-,21-/m0/s1. The van der Waals surface area contributed by atoms with Crippen LogP contribution in [0.5, 0.6) is 0 Å². The van der Waals surface area contributed by atoms with Gasteiger partial charge in [-0.2, -0.15) is 0 Å². The third-order valence-electron chi connectivity index (χ3n) is 8.81. The minimum Gasteiger partial charge on any atom is -0.395 e. The van der Waals surface area contributed by atoms with Gasteiger partial charge < -0.3 is 9.94 Å². The van der Waals surface area contributed by atoms with E-state index in [1.165, 1.54) is 44.2 Å². The highest BCUT2D eigenvalue weighted by atomic mass is 127. The van der Waals surface area contributed by atoms with Gasteiger partial charge in [-0.05, 0) is 92.3 Å². The molecule has 0 unspecified atom stereocenters. The van der Waals surface area contributed by atoms with Crippen LogP contribution in [0.15, 0.2) is 5.16 Å². The minimum atomic E-state index is -0.0517. The minimum absolute atomic E-state index is 0.0517.